The van der Waals surface area contributed by atoms with E-state index < -0.39 is 0 Å². The number of para-hydroxylation sites is 1. The number of methoxy groups -OCH3 is 1. The Bertz CT molecular complexity index is 1010. The lowest BCUT2D eigenvalue weighted by Crippen LogP contribution is -2.52. The summed E-state index contributed by atoms with van der Waals surface area (Å²) >= 11 is 1.53. The maximum Gasteiger partial charge on any atom is 0.289 e. The maximum atomic E-state index is 12.7. The van der Waals surface area contributed by atoms with Crippen molar-refractivity contribution in [3.8, 4) is 5.75 Å². The van der Waals surface area contributed by atoms with Crippen molar-refractivity contribution >= 4 is 38.5 Å². The Hall–Kier alpha value is -3.07. The summed E-state index contributed by atoms with van der Waals surface area (Å²) in [5.74, 6) is 0.935. The Morgan fingerprint density at radius 1 is 1.17 bits per heavy atom. The van der Waals surface area contributed by atoms with Gasteiger partial charge in [-0.25, -0.2) is 4.98 Å². The van der Waals surface area contributed by atoms with Gasteiger partial charge >= 0.3 is 0 Å². The minimum Gasteiger partial charge on any atom is -0.494 e. The summed E-state index contributed by atoms with van der Waals surface area (Å²) in [4.78, 5) is 35.1. The van der Waals surface area contributed by atoms with Crippen LogP contribution in [-0.2, 0) is 4.79 Å². The van der Waals surface area contributed by atoms with E-state index in [1.54, 1.807) is 29.0 Å². The van der Waals surface area contributed by atoms with Crippen molar-refractivity contribution in [3.63, 3.8) is 0 Å². The van der Waals surface area contributed by atoms with Crippen LogP contribution in [0, 0.1) is 0 Å². The summed E-state index contributed by atoms with van der Waals surface area (Å²) in [5.41, 5.74) is 0.805. The molecule has 29 heavy (non-hydrogen) atoms. The van der Waals surface area contributed by atoms with Crippen molar-refractivity contribution in [2.24, 2.45) is 0 Å². The average Bonchev–Trinajstić information content (AvgIpc) is 3.43. The normalized spacial score (nSPS) is 14.3. The smallest absolute Gasteiger partial charge is 0.289 e. The highest BCUT2D eigenvalue weighted by molar-refractivity contribution is 7.22. The molecule has 9 heteroatoms. The molecule has 0 spiro atoms. The van der Waals surface area contributed by atoms with E-state index >= 15 is 0 Å². The number of ether oxygens (including phenoxy) is 1. The molecular formula is C20H22N4O4S. The van der Waals surface area contributed by atoms with Crippen molar-refractivity contribution in [1.29, 1.82) is 0 Å². The standard InChI is InChI=1S/C20H22N4O4S/c1-22(20-21-18-14(27-2)5-3-7-16(18)29-20)13-17(25)23-8-10-24(11-9-23)19(26)15-6-4-12-28-15/h3-7,12H,8-11,13H2,1-2H3. The van der Waals surface area contributed by atoms with E-state index in [1.807, 2.05) is 30.1 Å². The van der Waals surface area contributed by atoms with Crippen LogP contribution in [0.25, 0.3) is 10.2 Å². The van der Waals surface area contributed by atoms with Crippen LogP contribution in [0.5, 0.6) is 5.75 Å². The fourth-order valence-corrected chi connectivity index (χ4v) is 4.27. The van der Waals surface area contributed by atoms with Crippen LogP contribution in [0.3, 0.4) is 0 Å². The molecule has 0 saturated carbocycles. The molecule has 1 aliphatic heterocycles. The molecule has 3 aromatic rings. The van der Waals surface area contributed by atoms with Gasteiger partial charge in [0.15, 0.2) is 10.9 Å². The largest absolute Gasteiger partial charge is 0.494 e. The van der Waals surface area contributed by atoms with Gasteiger partial charge in [0.2, 0.25) is 5.91 Å². The second-order valence-corrected chi connectivity index (χ2v) is 7.82. The molecule has 0 unspecified atom stereocenters. The van der Waals surface area contributed by atoms with Gasteiger partial charge in [0.25, 0.3) is 5.91 Å². The third kappa shape index (κ3) is 3.91. The average molecular weight is 414 g/mol. The van der Waals surface area contributed by atoms with Gasteiger partial charge in [-0.3, -0.25) is 9.59 Å². The molecule has 8 nitrogen and oxygen atoms in total. The second-order valence-electron chi connectivity index (χ2n) is 6.81. The van der Waals surface area contributed by atoms with E-state index in [1.165, 1.54) is 17.6 Å². The number of carbonyl (C=O) groups excluding carboxylic acids is 2. The number of anilines is 1. The zero-order valence-corrected chi connectivity index (χ0v) is 17.1. The SMILES string of the molecule is COc1cccc2sc(N(C)CC(=O)N3CCN(C(=O)c4ccco4)CC3)nc12. The van der Waals surface area contributed by atoms with Gasteiger partial charge in [-0.2, -0.15) is 0 Å². The van der Waals surface area contributed by atoms with Crippen LogP contribution in [0.4, 0.5) is 5.13 Å². The van der Waals surface area contributed by atoms with Gasteiger partial charge in [0, 0.05) is 33.2 Å². The van der Waals surface area contributed by atoms with E-state index in [2.05, 4.69) is 4.98 Å². The first-order valence-electron chi connectivity index (χ1n) is 9.32. The first-order chi connectivity index (χ1) is 14.1. The Morgan fingerprint density at radius 3 is 2.62 bits per heavy atom. The monoisotopic (exact) mass is 414 g/mol. The lowest BCUT2D eigenvalue weighted by atomic mass is 10.2. The number of rotatable bonds is 5. The third-order valence-electron chi connectivity index (χ3n) is 4.94. The van der Waals surface area contributed by atoms with Crippen molar-refractivity contribution in [3.05, 3.63) is 42.4 Å². The lowest BCUT2D eigenvalue weighted by Gasteiger charge is -2.35. The van der Waals surface area contributed by atoms with Crippen LogP contribution < -0.4 is 9.64 Å². The number of furan rings is 1. The Morgan fingerprint density at radius 2 is 1.93 bits per heavy atom. The molecule has 0 aliphatic carbocycles. The number of likely N-dealkylation sites (N-methyl/N-ethyl adjacent to an activating group) is 1. The molecule has 1 aliphatic rings. The van der Waals surface area contributed by atoms with Crippen LogP contribution in [0.2, 0.25) is 0 Å². The Balaban J connectivity index is 1.35. The maximum absolute atomic E-state index is 12.7. The van der Waals surface area contributed by atoms with Gasteiger partial charge < -0.3 is 23.9 Å². The summed E-state index contributed by atoms with van der Waals surface area (Å²) in [5, 5.41) is 0.768. The number of amides is 2. The van der Waals surface area contributed by atoms with Crippen molar-refractivity contribution in [2.75, 3.05) is 51.8 Å². The highest BCUT2D eigenvalue weighted by Gasteiger charge is 2.27. The predicted molar refractivity (Wildman–Crippen MR) is 111 cm³/mol. The summed E-state index contributed by atoms with van der Waals surface area (Å²) in [7, 11) is 3.48. The number of nitrogens with zero attached hydrogens (tertiary/aromatic N) is 4. The lowest BCUT2D eigenvalue weighted by molar-refractivity contribution is -0.131. The molecule has 3 heterocycles. The van der Waals surface area contributed by atoms with E-state index in [9.17, 15) is 9.59 Å². The molecule has 0 bridgehead atoms. The number of benzene rings is 1. The van der Waals surface area contributed by atoms with Gasteiger partial charge in [-0.1, -0.05) is 17.4 Å². The zero-order chi connectivity index (χ0) is 20.4. The molecule has 2 aromatic heterocycles. The van der Waals surface area contributed by atoms with Crippen molar-refractivity contribution in [1.82, 2.24) is 14.8 Å². The molecule has 0 radical (unpaired) electrons. The molecule has 1 aromatic carbocycles. The van der Waals surface area contributed by atoms with Crippen LogP contribution in [0.1, 0.15) is 10.6 Å². The summed E-state index contributed by atoms with van der Waals surface area (Å²) in [6.45, 7) is 2.23. The first kappa shape index (κ1) is 19.3. The van der Waals surface area contributed by atoms with Crippen LogP contribution in [-0.4, -0.2) is 73.5 Å². The number of piperazine rings is 1. The number of hydrogen-bond donors (Lipinski definition) is 0. The van der Waals surface area contributed by atoms with E-state index in [0.29, 0.717) is 31.9 Å². The van der Waals surface area contributed by atoms with Gasteiger partial charge in [-0.05, 0) is 24.3 Å². The number of thiazole rings is 1. The van der Waals surface area contributed by atoms with Crippen molar-refractivity contribution in [2.45, 2.75) is 0 Å². The number of fused-ring (bicyclic) bond motifs is 1. The molecule has 0 N–H and O–H groups in total. The van der Waals surface area contributed by atoms with Gasteiger partial charge in [0.1, 0.15) is 11.3 Å². The van der Waals surface area contributed by atoms with Crippen LogP contribution in [0.15, 0.2) is 41.0 Å². The molecular weight excluding hydrogens is 392 g/mol. The molecule has 4 rings (SSSR count). The summed E-state index contributed by atoms with van der Waals surface area (Å²) in [6.07, 6.45) is 1.49. The zero-order valence-electron chi connectivity index (χ0n) is 16.3. The molecule has 1 fully saturated rings. The van der Waals surface area contributed by atoms with Crippen molar-refractivity contribution < 1.29 is 18.7 Å². The van der Waals surface area contributed by atoms with E-state index in [4.69, 9.17) is 9.15 Å². The van der Waals surface area contributed by atoms with Gasteiger partial charge in [-0.15, -0.1) is 0 Å². The quantitative estimate of drug-likeness (QED) is 0.638. The number of aromatic nitrogens is 1. The fourth-order valence-electron chi connectivity index (χ4n) is 3.33. The van der Waals surface area contributed by atoms with E-state index in [0.717, 1.165) is 21.1 Å². The van der Waals surface area contributed by atoms with E-state index in [-0.39, 0.29) is 18.4 Å². The molecule has 1 saturated heterocycles. The summed E-state index contributed by atoms with van der Waals surface area (Å²) < 4.78 is 11.6. The fraction of sp³-hybridized carbons (Fsp3) is 0.350. The molecule has 152 valence electrons. The molecule has 2 amide bonds. The molecule has 0 atom stereocenters. The predicted octanol–water partition coefficient (Wildman–Crippen LogP) is 2.32. The second kappa shape index (κ2) is 8.12. The highest BCUT2D eigenvalue weighted by Crippen LogP contribution is 2.33. The minimum absolute atomic E-state index is 0.0174. The third-order valence-corrected chi connectivity index (χ3v) is 6.08. The minimum atomic E-state index is -0.136. The topological polar surface area (TPSA) is 79.1 Å². The summed E-state index contributed by atoms with van der Waals surface area (Å²) in [6, 6.07) is 9.14. The van der Waals surface area contributed by atoms with Gasteiger partial charge in [0.05, 0.1) is 24.6 Å². The van der Waals surface area contributed by atoms with Crippen LogP contribution >= 0.6 is 11.3 Å². The highest BCUT2D eigenvalue weighted by atomic mass is 32.1. The Labute approximate surface area is 172 Å². The first-order valence-corrected chi connectivity index (χ1v) is 10.1. The number of hydrogen-bond acceptors (Lipinski definition) is 7. The Kier molecular flexibility index (Phi) is 5.39. The number of carbonyl (C=O) groups is 2.